The van der Waals surface area contributed by atoms with Gasteiger partial charge in [0, 0.05) is 23.5 Å². The molecule has 1 N–H and O–H groups in total. The monoisotopic (exact) mass is 364 g/mol. The van der Waals surface area contributed by atoms with E-state index in [4.69, 9.17) is 0 Å². The molecule has 1 fully saturated rings. The van der Waals surface area contributed by atoms with Gasteiger partial charge in [0.2, 0.25) is 10.0 Å². The number of carbonyl (C=O) groups excluding carboxylic acids is 1. The molecule has 24 heavy (non-hydrogen) atoms. The lowest BCUT2D eigenvalue weighted by Gasteiger charge is -2.15. The van der Waals surface area contributed by atoms with E-state index in [2.05, 4.69) is 5.32 Å². The minimum atomic E-state index is -3.43. The molecule has 2 aromatic rings. The molecule has 5 nitrogen and oxygen atoms in total. The van der Waals surface area contributed by atoms with Gasteiger partial charge in [0.15, 0.2) is 0 Å². The number of hydrogen-bond acceptors (Lipinski definition) is 4. The third-order valence-corrected chi connectivity index (χ3v) is 7.13. The third kappa shape index (κ3) is 3.53. The van der Waals surface area contributed by atoms with Crippen LogP contribution in [0.15, 0.2) is 40.6 Å². The first-order valence-corrected chi connectivity index (χ1v) is 10.2. The molecule has 0 bridgehead atoms. The van der Waals surface area contributed by atoms with Gasteiger partial charge in [0.05, 0.1) is 11.4 Å². The van der Waals surface area contributed by atoms with Crippen LogP contribution in [0.2, 0.25) is 0 Å². The molecule has 0 radical (unpaired) electrons. The van der Waals surface area contributed by atoms with Gasteiger partial charge in [-0.1, -0.05) is 0 Å². The Bertz CT molecular complexity index is 820. The second-order valence-electron chi connectivity index (χ2n) is 5.85. The molecule has 1 amide bonds. The van der Waals surface area contributed by atoms with Crippen molar-refractivity contribution in [2.24, 2.45) is 0 Å². The van der Waals surface area contributed by atoms with E-state index in [1.807, 2.05) is 18.4 Å². The second-order valence-corrected chi connectivity index (χ2v) is 8.78. The van der Waals surface area contributed by atoms with Gasteiger partial charge in [0.1, 0.15) is 0 Å². The van der Waals surface area contributed by atoms with Gasteiger partial charge < -0.3 is 5.32 Å². The molecule has 1 aromatic heterocycles. The number of nitrogens with one attached hydrogen (secondary N) is 1. The fourth-order valence-corrected chi connectivity index (χ4v) is 5.07. The van der Waals surface area contributed by atoms with Crippen LogP contribution < -0.4 is 5.32 Å². The van der Waals surface area contributed by atoms with Crippen molar-refractivity contribution in [2.45, 2.75) is 31.2 Å². The highest BCUT2D eigenvalue weighted by molar-refractivity contribution is 7.89. The van der Waals surface area contributed by atoms with Gasteiger partial charge in [-0.15, -0.1) is 11.3 Å². The van der Waals surface area contributed by atoms with E-state index >= 15 is 0 Å². The third-order valence-electron chi connectivity index (χ3n) is 4.20. The lowest BCUT2D eigenvalue weighted by atomic mass is 10.2. The van der Waals surface area contributed by atoms with Crippen molar-refractivity contribution in [3.8, 4) is 0 Å². The molecule has 0 unspecified atom stereocenters. The van der Waals surface area contributed by atoms with Crippen LogP contribution in [0.3, 0.4) is 0 Å². The standard InChI is InChI=1S/C17H20N2O3S2/c1-13-8-11-23-16(13)12-18-17(20)14-4-6-15(7-5-14)24(21,22)19-9-2-3-10-19/h4-8,11H,2-3,9-10,12H2,1H3,(H,18,20). The molecule has 128 valence electrons. The van der Waals surface area contributed by atoms with Crippen LogP contribution in [0.4, 0.5) is 0 Å². The number of aryl methyl sites for hydroxylation is 1. The molecular formula is C17H20N2O3S2. The van der Waals surface area contributed by atoms with Crippen molar-refractivity contribution in [3.63, 3.8) is 0 Å². The van der Waals surface area contributed by atoms with Gasteiger partial charge in [0.25, 0.3) is 5.91 Å². The molecule has 2 heterocycles. The van der Waals surface area contributed by atoms with Gasteiger partial charge >= 0.3 is 0 Å². The molecule has 3 rings (SSSR count). The molecule has 1 saturated heterocycles. The lowest BCUT2D eigenvalue weighted by Crippen LogP contribution is -2.28. The summed E-state index contributed by atoms with van der Waals surface area (Å²) >= 11 is 1.61. The zero-order valence-electron chi connectivity index (χ0n) is 13.5. The first kappa shape index (κ1) is 17.1. The number of sulfonamides is 1. The van der Waals surface area contributed by atoms with Crippen LogP contribution in [0.5, 0.6) is 0 Å². The van der Waals surface area contributed by atoms with E-state index in [0.717, 1.165) is 23.3 Å². The Labute approximate surface area is 146 Å². The quantitative estimate of drug-likeness (QED) is 0.887. The average molecular weight is 364 g/mol. The van der Waals surface area contributed by atoms with Crippen molar-refractivity contribution < 1.29 is 13.2 Å². The van der Waals surface area contributed by atoms with Crippen LogP contribution in [-0.2, 0) is 16.6 Å². The fraction of sp³-hybridized carbons (Fsp3) is 0.353. The van der Waals surface area contributed by atoms with Crippen LogP contribution in [-0.4, -0.2) is 31.7 Å². The number of benzene rings is 1. The molecule has 7 heteroatoms. The van der Waals surface area contributed by atoms with Gasteiger partial charge in [-0.2, -0.15) is 4.31 Å². The van der Waals surface area contributed by atoms with E-state index in [1.54, 1.807) is 23.5 Å². The number of hydrogen-bond donors (Lipinski definition) is 1. The highest BCUT2D eigenvalue weighted by atomic mass is 32.2. The van der Waals surface area contributed by atoms with Gasteiger partial charge in [-0.05, 0) is 61.0 Å². The molecule has 1 aliphatic heterocycles. The molecule has 0 spiro atoms. The zero-order chi connectivity index (χ0) is 17.2. The van der Waals surface area contributed by atoms with E-state index in [1.165, 1.54) is 16.4 Å². The van der Waals surface area contributed by atoms with Gasteiger partial charge in [-0.25, -0.2) is 8.42 Å². The van der Waals surface area contributed by atoms with Crippen LogP contribution in [0.1, 0.15) is 33.6 Å². The summed E-state index contributed by atoms with van der Waals surface area (Å²) in [6.07, 6.45) is 1.81. The molecule has 0 atom stereocenters. The summed E-state index contributed by atoms with van der Waals surface area (Å²) in [7, 11) is -3.43. The van der Waals surface area contributed by atoms with Crippen molar-refractivity contribution in [1.29, 1.82) is 0 Å². The topological polar surface area (TPSA) is 66.5 Å². The minimum Gasteiger partial charge on any atom is -0.347 e. The SMILES string of the molecule is Cc1ccsc1CNC(=O)c1ccc(S(=O)(=O)N2CCCC2)cc1. The number of carbonyl (C=O) groups is 1. The molecule has 1 aromatic carbocycles. The summed E-state index contributed by atoms with van der Waals surface area (Å²) < 4.78 is 26.4. The predicted octanol–water partition coefficient (Wildman–Crippen LogP) is 2.77. The summed E-state index contributed by atoms with van der Waals surface area (Å²) in [6, 6.07) is 8.18. The van der Waals surface area contributed by atoms with Crippen LogP contribution >= 0.6 is 11.3 Å². The number of nitrogens with zero attached hydrogens (tertiary/aromatic N) is 1. The summed E-state index contributed by atoms with van der Waals surface area (Å²) in [6.45, 7) is 3.64. The smallest absolute Gasteiger partial charge is 0.251 e. The Morgan fingerprint density at radius 2 is 1.83 bits per heavy atom. The van der Waals surface area contributed by atoms with Crippen molar-refractivity contribution in [2.75, 3.05) is 13.1 Å². The Balaban J connectivity index is 1.67. The highest BCUT2D eigenvalue weighted by Crippen LogP contribution is 2.21. The lowest BCUT2D eigenvalue weighted by molar-refractivity contribution is 0.0951. The second kappa shape index (κ2) is 7.04. The van der Waals surface area contributed by atoms with Gasteiger partial charge in [-0.3, -0.25) is 4.79 Å². The Morgan fingerprint density at radius 1 is 1.17 bits per heavy atom. The number of thiophene rings is 1. The van der Waals surface area contributed by atoms with Crippen molar-refractivity contribution in [3.05, 3.63) is 51.7 Å². The minimum absolute atomic E-state index is 0.201. The molecular weight excluding hydrogens is 344 g/mol. The highest BCUT2D eigenvalue weighted by Gasteiger charge is 2.27. The maximum Gasteiger partial charge on any atom is 0.251 e. The summed E-state index contributed by atoms with van der Waals surface area (Å²) in [4.78, 5) is 13.6. The average Bonchev–Trinajstić information content (AvgIpc) is 3.25. The van der Waals surface area contributed by atoms with Crippen LogP contribution in [0.25, 0.3) is 0 Å². The Kier molecular flexibility index (Phi) is 5.03. The first-order valence-electron chi connectivity index (χ1n) is 7.90. The summed E-state index contributed by atoms with van der Waals surface area (Å²) in [5.41, 5.74) is 1.62. The number of amides is 1. The van der Waals surface area contributed by atoms with Crippen LogP contribution in [0, 0.1) is 6.92 Å². The molecule has 1 aliphatic rings. The molecule has 0 aliphatic carbocycles. The first-order chi connectivity index (χ1) is 11.5. The largest absolute Gasteiger partial charge is 0.347 e. The Morgan fingerprint density at radius 3 is 2.42 bits per heavy atom. The fourth-order valence-electron chi connectivity index (χ4n) is 2.70. The predicted molar refractivity (Wildman–Crippen MR) is 94.7 cm³/mol. The van der Waals surface area contributed by atoms with E-state index in [-0.39, 0.29) is 10.8 Å². The van der Waals surface area contributed by atoms with E-state index < -0.39 is 10.0 Å². The summed E-state index contributed by atoms with van der Waals surface area (Å²) in [5.74, 6) is -0.201. The normalized spacial score (nSPS) is 15.5. The maximum absolute atomic E-state index is 12.5. The number of rotatable bonds is 5. The maximum atomic E-state index is 12.5. The van der Waals surface area contributed by atoms with E-state index in [0.29, 0.717) is 25.2 Å². The molecule has 0 saturated carbocycles. The Hall–Kier alpha value is -1.70. The van der Waals surface area contributed by atoms with E-state index in [9.17, 15) is 13.2 Å². The van der Waals surface area contributed by atoms with Crippen molar-refractivity contribution >= 4 is 27.3 Å². The summed E-state index contributed by atoms with van der Waals surface area (Å²) in [5, 5.41) is 4.86. The zero-order valence-corrected chi connectivity index (χ0v) is 15.1. The van der Waals surface area contributed by atoms with Crippen molar-refractivity contribution in [1.82, 2.24) is 9.62 Å².